The van der Waals surface area contributed by atoms with E-state index in [4.69, 9.17) is 4.74 Å². The Balaban J connectivity index is 1.79. The van der Waals surface area contributed by atoms with E-state index in [9.17, 15) is 13.2 Å². The number of hydrogen-bond acceptors (Lipinski definition) is 5. The molecule has 0 aliphatic heterocycles. The third-order valence-corrected chi connectivity index (χ3v) is 6.77. The van der Waals surface area contributed by atoms with Crippen LogP contribution in [0.1, 0.15) is 29.4 Å². The predicted molar refractivity (Wildman–Crippen MR) is 135 cm³/mol. The van der Waals surface area contributed by atoms with Gasteiger partial charge in [-0.15, -0.1) is 0 Å². The molecule has 0 spiro atoms. The van der Waals surface area contributed by atoms with Gasteiger partial charge in [-0.2, -0.15) is 5.10 Å². The molecule has 34 heavy (non-hydrogen) atoms. The number of amides is 1. The number of anilines is 1. The third kappa shape index (κ3) is 5.48. The number of nitrogens with one attached hydrogen (secondary N) is 1. The summed E-state index contributed by atoms with van der Waals surface area (Å²) < 4.78 is 33.2. The zero-order valence-electron chi connectivity index (χ0n) is 20.2. The monoisotopic (exact) mass is 482 g/mol. The van der Waals surface area contributed by atoms with Crippen molar-refractivity contribution in [2.75, 3.05) is 17.7 Å². The van der Waals surface area contributed by atoms with Gasteiger partial charge in [-0.3, -0.25) is 9.10 Å². The Labute approximate surface area is 200 Å². The molecule has 9 heteroatoms. The summed E-state index contributed by atoms with van der Waals surface area (Å²) in [6.07, 6.45) is 2.63. The molecule has 0 fully saturated rings. The van der Waals surface area contributed by atoms with Crippen LogP contribution in [0.5, 0.6) is 5.75 Å². The second-order valence-corrected chi connectivity index (χ2v) is 10.0. The molecule has 1 aromatic heterocycles. The van der Waals surface area contributed by atoms with E-state index in [-0.39, 0.29) is 0 Å². The van der Waals surface area contributed by atoms with Crippen LogP contribution < -0.4 is 14.5 Å². The Morgan fingerprint density at radius 1 is 1.12 bits per heavy atom. The molecule has 0 aliphatic carbocycles. The summed E-state index contributed by atoms with van der Waals surface area (Å²) in [5.41, 5.74) is 7.90. The van der Waals surface area contributed by atoms with Crippen LogP contribution in [0.3, 0.4) is 0 Å². The first-order valence-corrected chi connectivity index (χ1v) is 12.6. The summed E-state index contributed by atoms with van der Waals surface area (Å²) in [4.78, 5) is 12.8. The van der Waals surface area contributed by atoms with Crippen LogP contribution in [0.2, 0.25) is 0 Å². The number of aryl methyl sites for hydroxylation is 2. The molecule has 0 saturated carbocycles. The Bertz CT molecular complexity index is 1310. The molecule has 1 atom stereocenters. The third-order valence-electron chi connectivity index (χ3n) is 5.52. The number of ether oxygens (including phenoxy) is 1. The smallest absolute Gasteiger partial charge is 0.263 e. The quantitative estimate of drug-likeness (QED) is 0.391. The predicted octanol–water partition coefficient (Wildman–Crippen LogP) is 3.72. The van der Waals surface area contributed by atoms with Crippen molar-refractivity contribution in [2.45, 2.75) is 33.7 Å². The van der Waals surface area contributed by atoms with Gasteiger partial charge in [0.1, 0.15) is 11.8 Å². The van der Waals surface area contributed by atoms with Crippen LogP contribution in [0, 0.1) is 20.8 Å². The van der Waals surface area contributed by atoms with Crippen molar-refractivity contribution < 1.29 is 17.9 Å². The van der Waals surface area contributed by atoms with Crippen LogP contribution in [0.15, 0.2) is 59.7 Å². The highest BCUT2D eigenvalue weighted by Crippen LogP contribution is 2.24. The van der Waals surface area contributed by atoms with Gasteiger partial charge in [-0.05, 0) is 75.7 Å². The summed E-state index contributed by atoms with van der Waals surface area (Å²) in [6.45, 7) is 7.55. The summed E-state index contributed by atoms with van der Waals surface area (Å²) >= 11 is 0. The van der Waals surface area contributed by atoms with Crippen molar-refractivity contribution in [3.05, 3.63) is 77.1 Å². The van der Waals surface area contributed by atoms with Gasteiger partial charge in [0.15, 0.2) is 0 Å². The molecule has 0 saturated heterocycles. The Hall–Kier alpha value is -3.59. The lowest BCUT2D eigenvalue weighted by atomic mass is 10.2. The molecule has 8 nitrogen and oxygen atoms in total. The molecule has 3 rings (SSSR count). The SMILES string of the molecule is COc1ccc(N([C@H](C)C(=O)N/N=C\c2cc(C)n(-c3cccc(C)c3)c2C)S(C)(=O)=O)cc1. The minimum Gasteiger partial charge on any atom is -0.497 e. The molecular formula is C25H30N4O4S. The number of hydrogen-bond donors (Lipinski definition) is 1. The standard InChI is InChI=1S/C25H30N4O4S/c1-17-8-7-9-23(14-17)28-18(2)15-21(19(28)3)16-26-27-25(30)20(4)29(34(6,31)32)22-10-12-24(33-5)13-11-22/h7-16,20H,1-6H3,(H,27,30)/b26-16-/t20-/m1/s1. The molecular weight excluding hydrogens is 452 g/mol. The lowest BCUT2D eigenvalue weighted by molar-refractivity contribution is -0.121. The second-order valence-electron chi connectivity index (χ2n) is 8.17. The van der Waals surface area contributed by atoms with Gasteiger partial charge >= 0.3 is 0 Å². The molecule has 180 valence electrons. The number of carbonyl (C=O) groups excluding carboxylic acids is 1. The number of aromatic nitrogens is 1. The summed E-state index contributed by atoms with van der Waals surface area (Å²) in [5.74, 6) is 0.0344. The van der Waals surface area contributed by atoms with Gasteiger partial charge in [-0.1, -0.05) is 12.1 Å². The van der Waals surface area contributed by atoms with E-state index in [0.29, 0.717) is 11.4 Å². The molecule has 1 amide bonds. The fourth-order valence-electron chi connectivity index (χ4n) is 3.88. The lowest BCUT2D eigenvalue weighted by Crippen LogP contribution is -2.46. The first-order chi connectivity index (χ1) is 16.0. The summed E-state index contributed by atoms with van der Waals surface area (Å²) in [7, 11) is -2.20. The number of sulfonamides is 1. The largest absolute Gasteiger partial charge is 0.497 e. The highest BCUT2D eigenvalue weighted by atomic mass is 32.2. The topological polar surface area (TPSA) is 93.0 Å². The maximum Gasteiger partial charge on any atom is 0.263 e. The molecule has 0 aliphatic rings. The highest BCUT2D eigenvalue weighted by molar-refractivity contribution is 7.92. The molecule has 0 bridgehead atoms. The van der Waals surface area contributed by atoms with Gasteiger partial charge in [-0.25, -0.2) is 13.8 Å². The Kier molecular flexibility index (Phi) is 7.46. The number of methoxy groups -OCH3 is 1. The van der Waals surface area contributed by atoms with Crippen molar-refractivity contribution in [3.8, 4) is 11.4 Å². The van der Waals surface area contributed by atoms with Gasteiger partial charge in [0, 0.05) is 22.6 Å². The summed E-state index contributed by atoms with van der Waals surface area (Å²) in [6, 6.07) is 15.6. The fraction of sp³-hybridized carbons (Fsp3) is 0.280. The zero-order valence-corrected chi connectivity index (χ0v) is 21.1. The minimum absolute atomic E-state index is 0.358. The molecule has 3 aromatic rings. The maximum atomic E-state index is 12.8. The lowest BCUT2D eigenvalue weighted by Gasteiger charge is -2.27. The molecule has 0 unspecified atom stereocenters. The van der Waals surface area contributed by atoms with Crippen LogP contribution in [0.25, 0.3) is 5.69 Å². The number of hydrazone groups is 1. The summed E-state index contributed by atoms with van der Waals surface area (Å²) in [5, 5.41) is 4.10. The first kappa shape index (κ1) is 25.0. The number of carbonyl (C=O) groups is 1. The van der Waals surface area contributed by atoms with Gasteiger partial charge in [0.25, 0.3) is 5.91 Å². The highest BCUT2D eigenvalue weighted by Gasteiger charge is 2.29. The average molecular weight is 483 g/mol. The molecule has 1 heterocycles. The number of nitrogens with zero attached hydrogens (tertiary/aromatic N) is 3. The number of benzene rings is 2. The van der Waals surface area contributed by atoms with Gasteiger partial charge in [0.05, 0.1) is 25.3 Å². The van der Waals surface area contributed by atoms with E-state index in [1.165, 1.54) is 14.0 Å². The molecule has 0 radical (unpaired) electrons. The van der Waals surface area contributed by atoms with Crippen molar-refractivity contribution in [1.82, 2.24) is 9.99 Å². The van der Waals surface area contributed by atoms with Crippen molar-refractivity contribution >= 4 is 27.8 Å². The van der Waals surface area contributed by atoms with E-state index in [2.05, 4.69) is 21.2 Å². The fourth-order valence-corrected chi connectivity index (χ4v) is 5.05. The van der Waals surface area contributed by atoms with Gasteiger partial charge < -0.3 is 9.30 Å². The van der Waals surface area contributed by atoms with Crippen LogP contribution in [-0.4, -0.2) is 44.5 Å². The maximum absolute atomic E-state index is 12.8. The van der Waals surface area contributed by atoms with Gasteiger partial charge in [0.2, 0.25) is 10.0 Å². The van der Waals surface area contributed by atoms with E-state index in [1.807, 2.05) is 45.0 Å². The Morgan fingerprint density at radius 2 is 1.79 bits per heavy atom. The van der Waals surface area contributed by atoms with Crippen LogP contribution >= 0.6 is 0 Å². The Morgan fingerprint density at radius 3 is 2.38 bits per heavy atom. The van der Waals surface area contributed by atoms with E-state index in [0.717, 1.165) is 38.8 Å². The van der Waals surface area contributed by atoms with Crippen molar-refractivity contribution in [2.24, 2.45) is 5.10 Å². The normalized spacial score (nSPS) is 12.5. The average Bonchev–Trinajstić information content (AvgIpc) is 3.06. The van der Waals surface area contributed by atoms with Crippen molar-refractivity contribution in [3.63, 3.8) is 0 Å². The minimum atomic E-state index is -3.73. The van der Waals surface area contributed by atoms with E-state index < -0.39 is 22.0 Å². The van der Waals surface area contributed by atoms with Crippen molar-refractivity contribution in [1.29, 1.82) is 0 Å². The second kappa shape index (κ2) is 10.1. The molecule has 2 aromatic carbocycles. The first-order valence-electron chi connectivity index (χ1n) is 10.7. The number of rotatable bonds is 8. The zero-order chi connectivity index (χ0) is 25.0. The van der Waals surface area contributed by atoms with Crippen LogP contribution in [0.4, 0.5) is 5.69 Å². The van der Waals surface area contributed by atoms with E-state index in [1.54, 1.807) is 30.5 Å². The molecule has 1 N–H and O–H groups in total. The van der Waals surface area contributed by atoms with Crippen LogP contribution in [-0.2, 0) is 14.8 Å². The van der Waals surface area contributed by atoms with E-state index >= 15 is 0 Å².